The molecular weight excluding hydrogens is 296 g/mol. The van der Waals surface area contributed by atoms with Gasteiger partial charge in [0.15, 0.2) is 0 Å². The maximum atomic E-state index is 11.9. The SMILES string of the molecule is CN(C)S(=O)(=O)c1ccc(C(=O)NCCCC(=O)O)cc1. The van der Waals surface area contributed by atoms with Gasteiger partial charge in [-0.1, -0.05) is 0 Å². The Labute approximate surface area is 123 Å². The monoisotopic (exact) mass is 314 g/mol. The van der Waals surface area contributed by atoms with E-state index in [0.29, 0.717) is 12.0 Å². The number of benzene rings is 1. The molecule has 0 aliphatic heterocycles. The zero-order chi connectivity index (χ0) is 16.0. The fraction of sp³-hybridized carbons (Fsp3) is 0.385. The number of nitrogens with zero attached hydrogens (tertiary/aromatic N) is 1. The normalized spacial score (nSPS) is 11.4. The molecule has 0 bridgehead atoms. The van der Waals surface area contributed by atoms with Crippen molar-refractivity contribution in [2.75, 3.05) is 20.6 Å². The first-order chi connectivity index (χ1) is 9.75. The smallest absolute Gasteiger partial charge is 0.303 e. The highest BCUT2D eigenvalue weighted by Gasteiger charge is 2.17. The molecule has 0 heterocycles. The van der Waals surface area contributed by atoms with Crippen LogP contribution in [0.3, 0.4) is 0 Å². The molecule has 1 amide bonds. The second-order valence-electron chi connectivity index (χ2n) is 4.56. The largest absolute Gasteiger partial charge is 0.481 e. The van der Waals surface area contributed by atoms with Crippen LogP contribution in [0, 0.1) is 0 Å². The van der Waals surface area contributed by atoms with Gasteiger partial charge in [0, 0.05) is 32.6 Å². The average Bonchev–Trinajstić information content (AvgIpc) is 2.43. The molecule has 8 heteroatoms. The molecule has 0 atom stereocenters. The molecule has 0 radical (unpaired) electrons. The number of hydrogen-bond donors (Lipinski definition) is 2. The Balaban J connectivity index is 2.66. The van der Waals surface area contributed by atoms with Crippen molar-refractivity contribution in [1.29, 1.82) is 0 Å². The number of carbonyl (C=O) groups excluding carboxylic acids is 1. The Morgan fingerprint density at radius 2 is 1.76 bits per heavy atom. The van der Waals surface area contributed by atoms with Gasteiger partial charge in [0.05, 0.1) is 4.90 Å². The Bertz CT molecular complexity index is 608. The molecule has 0 aliphatic rings. The van der Waals surface area contributed by atoms with E-state index < -0.39 is 16.0 Å². The summed E-state index contributed by atoms with van der Waals surface area (Å²) in [5.74, 6) is -1.28. The van der Waals surface area contributed by atoms with E-state index in [9.17, 15) is 18.0 Å². The van der Waals surface area contributed by atoms with E-state index in [0.717, 1.165) is 4.31 Å². The van der Waals surface area contributed by atoms with Crippen LogP contribution >= 0.6 is 0 Å². The zero-order valence-electron chi connectivity index (χ0n) is 11.9. The summed E-state index contributed by atoms with van der Waals surface area (Å²) in [7, 11) is -0.655. The van der Waals surface area contributed by atoms with Crippen molar-refractivity contribution in [2.45, 2.75) is 17.7 Å². The quantitative estimate of drug-likeness (QED) is 0.715. The van der Waals surface area contributed by atoms with Gasteiger partial charge >= 0.3 is 5.97 Å². The van der Waals surface area contributed by atoms with Gasteiger partial charge in [-0.2, -0.15) is 0 Å². The van der Waals surface area contributed by atoms with Crippen molar-refractivity contribution >= 4 is 21.9 Å². The van der Waals surface area contributed by atoms with Gasteiger partial charge in [0.1, 0.15) is 0 Å². The minimum absolute atomic E-state index is 0.0136. The van der Waals surface area contributed by atoms with Crippen LogP contribution in [0.4, 0.5) is 0 Å². The highest BCUT2D eigenvalue weighted by molar-refractivity contribution is 7.89. The van der Waals surface area contributed by atoms with E-state index in [1.54, 1.807) is 0 Å². The van der Waals surface area contributed by atoms with Crippen LogP contribution in [-0.4, -0.2) is 50.3 Å². The van der Waals surface area contributed by atoms with Crippen LogP contribution in [-0.2, 0) is 14.8 Å². The molecule has 1 aromatic carbocycles. The molecule has 116 valence electrons. The molecule has 1 rings (SSSR count). The Hall–Kier alpha value is -1.93. The van der Waals surface area contributed by atoms with Gasteiger partial charge in [-0.05, 0) is 30.7 Å². The fourth-order valence-electron chi connectivity index (χ4n) is 1.53. The maximum absolute atomic E-state index is 11.9. The number of hydrogen-bond acceptors (Lipinski definition) is 4. The maximum Gasteiger partial charge on any atom is 0.303 e. The first kappa shape index (κ1) is 17.1. The van der Waals surface area contributed by atoms with Gasteiger partial charge in [0.25, 0.3) is 5.91 Å². The summed E-state index contributed by atoms with van der Waals surface area (Å²) in [5.41, 5.74) is 0.322. The van der Waals surface area contributed by atoms with Crippen molar-refractivity contribution in [3.05, 3.63) is 29.8 Å². The van der Waals surface area contributed by atoms with Gasteiger partial charge in [0.2, 0.25) is 10.0 Å². The van der Waals surface area contributed by atoms with Crippen LogP contribution in [0.1, 0.15) is 23.2 Å². The standard InChI is InChI=1S/C13H18N2O5S/c1-15(2)21(19,20)11-7-5-10(6-8-11)13(18)14-9-3-4-12(16)17/h5-8H,3-4,9H2,1-2H3,(H,14,18)(H,16,17). The summed E-state index contributed by atoms with van der Waals surface area (Å²) in [6, 6.07) is 5.56. The lowest BCUT2D eigenvalue weighted by atomic mass is 10.2. The second-order valence-corrected chi connectivity index (χ2v) is 6.72. The Morgan fingerprint density at radius 1 is 1.19 bits per heavy atom. The highest BCUT2D eigenvalue weighted by atomic mass is 32.2. The summed E-state index contributed by atoms with van der Waals surface area (Å²) >= 11 is 0. The predicted molar refractivity (Wildman–Crippen MR) is 76.5 cm³/mol. The molecule has 0 spiro atoms. The lowest BCUT2D eigenvalue weighted by molar-refractivity contribution is -0.137. The van der Waals surface area contributed by atoms with Crippen LogP contribution in [0.2, 0.25) is 0 Å². The number of sulfonamides is 1. The van der Waals surface area contributed by atoms with Crippen molar-refractivity contribution in [3.63, 3.8) is 0 Å². The first-order valence-corrected chi connectivity index (χ1v) is 7.71. The van der Waals surface area contributed by atoms with Gasteiger partial charge in [-0.25, -0.2) is 12.7 Å². The number of rotatable bonds is 7. The molecule has 0 saturated heterocycles. The molecule has 0 fully saturated rings. The Kier molecular flexibility index (Phi) is 5.86. The molecule has 7 nitrogen and oxygen atoms in total. The van der Waals surface area contributed by atoms with Crippen molar-refractivity contribution in [2.24, 2.45) is 0 Å². The van der Waals surface area contributed by atoms with E-state index in [2.05, 4.69) is 5.32 Å². The third-order valence-corrected chi connectivity index (χ3v) is 4.58. The van der Waals surface area contributed by atoms with Crippen LogP contribution in [0.15, 0.2) is 29.2 Å². The number of amides is 1. The summed E-state index contributed by atoms with van der Waals surface area (Å²) < 4.78 is 24.8. The third kappa shape index (κ3) is 4.83. The van der Waals surface area contributed by atoms with E-state index in [1.165, 1.54) is 38.4 Å². The number of carboxylic acids is 1. The lowest BCUT2D eigenvalue weighted by Gasteiger charge is -2.11. The zero-order valence-corrected chi connectivity index (χ0v) is 12.7. The lowest BCUT2D eigenvalue weighted by Crippen LogP contribution is -2.25. The number of nitrogens with one attached hydrogen (secondary N) is 1. The minimum atomic E-state index is -3.51. The molecule has 2 N–H and O–H groups in total. The van der Waals surface area contributed by atoms with Gasteiger partial charge in [-0.15, -0.1) is 0 Å². The van der Waals surface area contributed by atoms with E-state index in [4.69, 9.17) is 5.11 Å². The number of carboxylic acid groups (broad SMARTS) is 1. The van der Waals surface area contributed by atoms with Crippen molar-refractivity contribution in [1.82, 2.24) is 9.62 Å². The molecule has 0 aliphatic carbocycles. The van der Waals surface area contributed by atoms with Crippen molar-refractivity contribution in [3.8, 4) is 0 Å². The van der Waals surface area contributed by atoms with Crippen LogP contribution in [0.5, 0.6) is 0 Å². The summed E-state index contributed by atoms with van der Waals surface area (Å²) in [6.45, 7) is 0.253. The van der Waals surface area contributed by atoms with Gasteiger partial charge < -0.3 is 10.4 Å². The molecule has 0 aromatic heterocycles. The van der Waals surface area contributed by atoms with E-state index in [1.807, 2.05) is 0 Å². The second kappa shape index (κ2) is 7.19. The third-order valence-electron chi connectivity index (χ3n) is 2.75. The van der Waals surface area contributed by atoms with E-state index >= 15 is 0 Å². The van der Waals surface area contributed by atoms with Crippen molar-refractivity contribution < 1.29 is 23.1 Å². The summed E-state index contributed by atoms with van der Waals surface area (Å²) in [4.78, 5) is 22.2. The molecule has 21 heavy (non-hydrogen) atoms. The number of aliphatic carboxylic acids is 1. The van der Waals surface area contributed by atoms with Crippen LogP contribution < -0.4 is 5.32 Å². The predicted octanol–water partition coefficient (Wildman–Crippen LogP) is 0.532. The van der Waals surface area contributed by atoms with Gasteiger partial charge in [-0.3, -0.25) is 9.59 Å². The molecular formula is C13H18N2O5S. The first-order valence-electron chi connectivity index (χ1n) is 6.27. The summed E-state index contributed by atoms with van der Waals surface area (Å²) in [5, 5.41) is 11.0. The highest BCUT2D eigenvalue weighted by Crippen LogP contribution is 2.13. The summed E-state index contributed by atoms with van der Waals surface area (Å²) in [6.07, 6.45) is 0.328. The van der Waals surface area contributed by atoms with E-state index in [-0.39, 0.29) is 23.8 Å². The number of carbonyl (C=O) groups is 2. The topological polar surface area (TPSA) is 104 Å². The van der Waals surface area contributed by atoms with Crippen LogP contribution in [0.25, 0.3) is 0 Å². The minimum Gasteiger partial charge on any atom is -0.481 e. The molecule has 0 unspecified atom stereocenters. The molecule has 0 saturated carbocycles. The fourth-order valence-corrected chi connectivity index (χ4v) is 2.43. The molecule has 1 aromatic rings. The Morgan fingerprint density at radius 3 is 2.24 bits per heavy atom. The average molecular weight is 314 g/mol.